The Labute approximate surface area is 144 Å². The van der Waals surface area contributed by atoms with E-state index in [4.69, 9.17) is 4.74 Å². The highest BCUT2D eigenvalue weighted by molar-refractivity contribution is 5.97. The minimum Gasteiger partial charge on any atom is -0.447 e. The number of hydrogen-bond donors (Lipinski definition) is 1. The summed E-state index contributed by atoms with van der Waals surface area (Å²) in [7, 11) is 0. The summed E-state index contributed by atoms with van der Waals surface area (Å²) in [5, 5.41) is 9.63. The Bertz CT molecular complexity index is 765. The summed E-state index contributed by atoms with van der Waals surface area (Å²) >= 11 is 0. The van der Waals surface area contributed by atoms with Crippen molar-refractivity contribution in [2.45, 2.75) is 18.4 Å². The van der Waals surface area contributed by atoms with E-state index in [-0.39, 0.29) is 12.2 Å². The minimum atomic E-state index is -1.15. The van der Waals surface area contributed by atoms with Gasteiger partial charge >= 0.3 is 6.09 Å². The van der Waals surface area contributed by atoms with Crippen molar-refractivity contribution in [1.29, 1.82) is 0 Å². The molecular formula is C19H18FNO4. The number of ether oxygens (including phenoxy) is 1. The molecule has 2 atom stereocenters. The number of carbonyl (C=O) groups excluding carboxylic acids is 2. The van der Waals surface area contributed by atoms with E-state index in [1.54, 1.807) is 6.07 Å². The molecule has 1 N–H and O–H groups in total. The number of amides is 2. The average molecular weight is 343 g/mol. The molecule has 2 amide bonds. The molecule has 5 nitrogen and oxygen atoms in total. The standard InChI is InChI=1S/C19H18FNO4/c20-17-9-5-4-8-15(17)16(11-22)18(23)21-14(12-25-19(21)24)10-13-6-2-1-3-7-13/h1-9,14,16,22H,10-12H2/t14-,16?/m1/s1. The van der Waals surface area contributed by atoms with Gasteiger partial charge in [-0.05, 0) is 18.1 Å². The predicted molar refractivity (Wildman–Crippen MR) is 88.4 cm³/mol. The van der Waals surface area contributed by atoms with Gasteiger partial charge in [-0.15, -0.1) is 0 Å². The van der Waals surface area contributed by atoms with Gasteiger partial charge in [-0.3, -0.25) is 4.79 Å². The molecule has 1 fully saturated rings. The fraction of sp³-hybridized carbons (Fsp3) is 0.263. The molecule has 3 rings (SSSR count). The van der Waals surface area contributed by atoms with Crippen LogP contribution in [0.25, 0.3) is 0 Å². The predicted octanol–water partition coefficient (Wildman–Crippen LogP) is 2.49. The molecule has 0 aromatic heterocycles. The van der Waals surface area contributed by atoms with Crippen LogP contribution >= 0.6 is 0 Å². The molecule has 1 saturated heterocycles. The second-order valence-corrected chi connectivity index (χ2v) is 5.89. The molecule has 1 aliphatic heterocycles. The summed E-state index contributed by atoms with van der Waals surface area (Å²) in [4.78, 5) is 25.9. The summed E-state index contributed by atoms with van der Waals surface area (Å²) in [5.74, 6) is -2.40. The molecule has 0 saturated carbocycles. The smallest absolute Gasteiger partial charge is 0.417 e. The van der Waals surface area contributed by atoms with Crippen LogP contribution in [0.4, 0.5) is 9.18 Å². The van der Waals surface area contributed by atoms with Gasteiger partial charge in [0.05, 0.1) is 18.6 Å². The fourth-order valence-corrected chi connectivity index (χ4v) is 3.00. The zero-order chi connectivity index (χ0) is 17.8. The van der Waals surface area contributed by atoms with Gasteiger partial charge in [-0.25, -0.2) is 14.1 Å². The first-order valence-corrected chi connectivity index (χ1v) is 8.01. The van der Waals surface area contributed by atoms with Crippen LogP contribution in [0.5, 0.6) is 0 Å². The van der Waals surface area contributed by atoms with Gasteiger partial charge in [0, 0.05) is 5.56 Å². The first-order chi connectivity index (χ1) is 12.1. The first-order valence-electron chi connectivity index (χ1n) is 8.01. The average Bonchev–Trinajstić information content (AvgIpc) is 2.98. The maximum absolute atomic E-state index is 14.0. The van der Waals surface area contributed by atoms with Crippen molar-refractivity contribution in [1.82, 2.24) is 4.90 Å². The second kappa shape index (κ2) is 7.44. The van der Waals surface area contributed by atoms with Crippen molar-refractivity contribution in [3.05, 3.63) is 71.5 Å². The van der Waals surface area contributed by atoms with E-state index in [1.165, 1.54) is 18.2 Å². The van der Waals surface area contributed by atoms with Crippen molar-refractivity contribution in [3.63, 3.8) is 0 Å². The summed E-state index contributed by atoms with van der Waals surface area (Å²) in [6, 6.07) is 14.7. The molecule has 2 aromatic carbocycles. The number of aliphatic hydroxyl groups excluding tert-OH is 1. The third-order valence-electron chi connectivity index (χ3n) is 4.27. The number of imide groups is 1. The van der Waals surface area contributed by atoms with Crippen LogP contribution in [0, 0.1) is 5.82 Å². The van der Waals surface area contributed by atoms with Crippen LogP contribution in [0.15, 0.2) is 54.6 Å². The number of hydrogen-bond acceptors (Lipinski definition) is 4. The molecule has 130 valence electrons. The molecule has 6 heteroatoms. The summed E-state index contributed by atoms with van der Waals surface area (Å²) in [6.07, 6.45) is -0.325. The Morgan fingerprint density at radius 2 is 1.88 bits per heavy atom. The Hall–Kier alpha value is -2.73. The summed E-state index contributed by atoms with van der Waals surface area (Å²) in [5.41, 5.74) is 1.02. The lowest BCUT2D eigenvalue weighted by Crippen LogP contribution is -2.43. The van der Waals surface area contributed by atoms with Crippen molar-refractivity contribution in [2.75, 3.05) is 13.2 Å². The van der Waals surface area contributed by atoms with E-state index in [1.807, 2.05) is 30.3 Å². The fourth-order valence-electron chi connectivity index (χ4n) is 3.00. The molecule has 1 heterocycles. The topological polar surface area (TPSA) is 66.8 Å². The highest BCUT2D eigenvalue weighted by atomic mass is 19.1. The third-order valence-corrected chi connectivity index (χ3v) is 4.27. The molecule has 0 spiro atoms. The van der Waals surface area contributed by atoms with E-state index in [0.29, 0.717) is 6.42 Å². The molecule has 2 aromatic rings. The zero-order valence-corrected chi connectivity index (χ0v) is 13.5. The van der Waals surface area contributed by atoms with Gasteiger partial charge in [-0.1, -0.05) is 48.5 Å². The summed E-state index contributed by atoms with van der Waals surface area (Å²) in [6.45, 7) is -0.517. The van der Waals surface area contributed by atoms with E-state index in [9.17, 15) is 19.1 Å². The molecular weight excluding hydrogens is 325 g/mol. The quantitative estimate of drug-likeness (QED) is 0.906. The number of aliphatic hydroxyl groups is 1. The van der Waals surface area contributed by atoms with Crippen molar-refractivity contribution in [3.8, 4) is 0 Å². The first kappa shape index (κ1) is 17.1. The van der Waals surface area contributed by atoms with E-state index in [0.717, 1.165) is 10.5 Å². The van der Waals surface area contributed by atoms with Gasteiger partial charge in [0.15, 0.2) is 0 Å². The number of rotatable bonds is 5. The maximum atomic E-state index is 14.0. The van der Waals surface area contributed by atoms with Gasteiger partial charge < -0.3 is 9.84 Å². The lowest BCUT2D eigenvalue weighted by molar-refractivity contribution is -0.131. The normalized spacial score (nSPS) is 18.1. The molecule has 1 unspecified atom stereocenters. The SMILES string of the molecule is O=C1OC[C@@H](Cc2ccccc2)N1C(=O)C(CO)c1ccccc1F. The monoisotopic (exact) mass is 343 g/mol. The molecule has 0 bridgehead atoms. The van der Waals surface area contributed by atoms with Crippen molar-refractivity contribution in [2.24, 2.45) is 0 Å². The van der Waals surface area contributed by atoms with E-state index in [2.05, 4.69) is 0 Å². The number of carbonyl (C=O) groups is 2. The third kappa shape index (κ3) is 3.53. The number of cyclic esters (lactones) is 1. The Morgan fingerprint density at radius 3 is 2.56 bits per heavy atom. The number of benzene rings is 2. The van der Waals surface area contributed by atoms with Crippen LogP contribution in [-0.2, 0) is 16.0 Å². The van der Waals surface area contributed by atoms with E-state index < -0.39 is 36.4 Å². The number of halogens is 1. The molecule has 25 heavy (non-hydrogen) atoms. The molecule has 0 radical (unpaired) electrons. The Balaban J connectivity index is 1.85. The minimum absolute atomic E-state index is 0.0631. The lowest BCUT2D eigenvalue weighted by atomic mass is 9.96. The number of nitrogens with zero attached hydrogens (tertiary/aromatic N) is 1. The van der Waals surface area contributed by atoms with Crippen molar-refractivity contribution >= 4 is 12.0 Å². The Morgan fingerprint density at radius 1 is 1.20 bits per heavy atom. The van der Waals surface area contributed by atoms with Crippen molar-refractivity contribution < 1.29 is 23.8 Å². The highest BCUT2D eigenvalue weighted by Crippen LogP contribution is 2.26. The van der Waals surface area contributed by atoms with E-state index >= 15 is 0 Å². The zero-order valence-electron chi connectivity index (χ0n) is 13.5. The molecule has 1 aliphatic rings. The van der Waals surface area contributed by atoms with Gasteiger partial charge in [0.25, 0.3) is 0 Å². The second-order valence-electron chi connectivity index (χ2n) is 5.89. The van der Waals surface area contributed by atoms with Gasteiger partial charge in [-0.2, -0.15) is 0 Å². The van der Waals surface area contributed by atoms with Gasteiger partial charge in [0.1, 0.15) is 12.4 Å². The van der Waals surface area contributed by atoms with Crippen LogP contribution in [-0.4, -0.2) is 41.3 Å². The largest absolute Gasteiger partial charge is 0.447 e. The van der Waals surface area contributed by atoms with Crippen LogP contribution in [0.1, 0.15) is 17.0 Å². The molecule has 0 aliphatic carbocycles. The van der Waals surface area contributed by atoms with Crippen LogP contribution in [0.3, 0.4) is 0 Å². The lowest BCUT2D eigenvalue weighted by Gasteiger charge is -2.24. The highest BCUT2D eigenvalue weighted by Gasteiger charge is 2.41. The Kier molecular flexibility index (Phi) is 5.09. The summed E-state index contributed by atoms with van der Waals surface area (Å²) < 4.78 is 19.0. The van der Waals surface area contributed by atoms with Gasteiger partial charge in [0.2, 0.25) is 5.91 Å². The van der Waals surface area contributed by atoms with Crippen LogP contribution in [0.2, 0.25) is 0 Å². The van der Waals surface area contributed by atoms with Crippen LogP contribution < -0.4 is 0 Å². The maximum Gasteiger partial charge on any atom is 0.417 e.